The lowest BCUT2D eigenvalue weighted by Gasteiger charge is -2.32. The lowest BCUT2D eigenvalue weighted by Crippen LogP contribution is -2.32. The minimum atomic E-state index is 0.0151. The summed E-state index contributed by atoms with van der Waals surface area (Å²) < 4.78 is 0. The Hall–Kier alpha value is -1.88. The van der Waals surface area contributed by atoms with E-state index in [0.29, 0.717) is 6.42 Å². The minimum absolute atomic E-state index is 0.0151. The van der Waals surface area contributed by atoms with Crippen molar-refractivity contribution >= 4 is 28.6 Å². The molecule has 128 valence electrons. The fraction of sp³-hybridized carbons (Fsp3) is 0.474. The van der Waals surface area contributed by atoms with E-state index in [2.05, 4.69) is 34.3 Å². The average Bonchev–Trinajstić information content (AvgIpc) is 2.86. The number of rotatable bonds is 4. The lowest BCUT2D eigenvalue weighted by molar-refractivity contribution is -0.115. The summed E-state index contributed by atoms with van der Waals surface area (Å²) in [7, 11) is 0. The van der Waals surface area contributed by atoms with Crippen molar-refractivity contribution in [3.63, 3.8) is 0 Å². The van der Waals surface area contributed by atoms with Gasteiger partial charge in [-0.05, 0) is 56.9 Å². The number of amides is 1. The van der Waals surface area contributed by atoms with E-state index < -0.39 is 0 Å². The number of anilines is 2. The van der Waals surface area contributed by atoms with Crippen molar-refractivity contribution in [1.82, 2.24) is 4.98 Å². The summed E-state index contributed by atoms with van der Waals surface area (Å²) >= 11 is 1.60. The van der Waals surface area contributed by atoms with Crippen LogP contribution >= 0.6 is 11.3 Å². The van der Waals surface area contributed by atoms with Gasteiger partial charge in [0.15, 0.2) is 0 Å². The quantitative estimate of drug-likeness (QED) is 0.906. The Balaban J connectivity index is 1.57. The van der Waals surface area contributed by atoms with Crippen LogP contribution in [0.25, 0.3) is 0 Å². The van der Waals surface area contributed by atoms with E-state index in [0.717, 1.165) is 40.3 Å². The highest BCUT2D eigenvalue weighted by Crippen LogP contribution is 2.24. The normalized spacial score (nSPS) is 15.5. The van der Waals surface area contributed by atoms with E-state index in [-0.39, 0.29) is 5.91 Å². The molecule has 24 heavy (non-hydrogen) atoms. The molecule has 1 amide bonds. The van der Waals surface area contributed by atoms with Crippen LogP contribution < -0.4 is 10.2 Å². The summed E-state index contributed by atoms with van der Waals surface area (Å²) in [6, 6.07) is 8.20. The summed E-state index contributed by atoms with van der Waals surface area (Å²) in [5.41, 5.74) is 3.06. The van der Waals surface area contributed by atoms with E-state index in [1.165, 1.54) is 18.5 Å². The highest BCUT2D eigenvalue weighted by Gasteiger charge is 2.16. The van der Waals surface area contributed by atoms with Gasteiger partial charge in [0.2, 0.25) is 5.91 Å². The summed E-state index contributed by atoms with van der Waals surface area (Å²) in [5.74, 6) is 0.847. The first kappa shape index (κ1) is 17.0. The zero-order chi connectivity index (χ0) is 17.1. The molecule has 0 radical (unpaired) electrons. The van der Waals surface area contributed by atoms with Gasteiger partial charge in [-0.3, -0.25) is 4.79 Å². The van der Waals surface area contributed by atoms with Gasteiger partial charge >= 0.3 is 0 Å². The Morgan fingerprint density at radius 1 is 1.25 bits per heavy atom. The first-order valence-electron chi connectivity index (χ1n) is 8.59. The van der Waals surface area contributed by atoms with E-state index in [4.69, 9.17) is 0 Å². The Bertz CT molecular complexity index is 700. The highest BCUT2D eigenvalue weighted by atomic mass is 32.1. The number of aromatic nitrogens is 1. The van der Waals surface area contributed by atoms with E-state index in [1.54, 1.807) is 11.3 Å². The molecule has 0 bridgehead atoms. The standard InChI is InChI=1S/C19H25N3OS/c1-13-8-10-22(11-9-13)17-6-4-16(5-7-17)21-19(23)12-18-14(2)20-15(3)24-18/h4-7,13H,8-12H2,1-3H3,(H,21,23). The van der Waals surface area contributed by atoms with Crippen LogP contribution in [0.5, 0.6) is 0 Å². The number of benzene rings is 1. The molecule has 2 heterocycles. The van der Waals surface area contributed by atoms with Crippen molar-refractivity contribution in [2.24, 2.45) is 5.92 Å². The molecule has 0 unspecified atom stereocenters. The molecule has 0 spiro atoms. The van der Waals surface area contributed by atoms with Gasteiger partial charge in [-0.1, -0.05) is 6.92 Å². The molecule has 2 aromatic rings. The number of aryl methyl sites for hydroxylation is 2. The molecule has 3 rings (SSSR count). The van der Waals surface area contributed by atoms with Gasteiger partial charge in [0.1, 0.15) is 0 Å². The van der Waals surface area contributed by atoms with Crippen LogP contribution in [0.3, 0.4) is 0 Å². The Morgan fingerprint density at radius 3 is 2.50 bits per heavy atom. The molecule has 1 aliphatic rings. The first-order valence-corrected chi connectivity index (χ1v) is 9.40. The Labute approximate surface area is 147 Å². The summed E-state index contributed by atoms with van der Waals surface area (Å²) in [4.78, 5) is 20.1. The number of nitrogens with zero attached hydrogens (tertiary/aromatic N) is 2. The van der Waals surface area contributed by atoms with Crippen molar-refractivity contribution in [3.05, 3.63) is 39.8 Å². The van der Waals surface area contributed by atoms with Crippen molar-refractivity contribution in [2.45, 2.75) is 40.0 Å². The van der Waals surface area contributed by atoms with Crippen molar-refractivity contribution in [2.75, 3.05) is 23.3 Å². The van der Waals surface area contributed by atoms with Gasteiger partial charge in [0.25, 0.3) is 0 Å². The Kier molecular flexibility index (Phi) is 5.19. The van der Waals surface area contributed by atoms with E-state index >= 15 is 0 Å². The average molecular weight is 343 g/mol. The fourth-order valence-electron chi connectivity index (χ4n) is 3.11. The molecule has 0 aliphatic carbocycles. The van der Waals surface area contributed by atoms with Crippen LogP contribution in [0.1, 0.15) is 35.3 Å². The SMILES string of the molecule is Cc1nc(C)c(CC(=O)Nc2ccc(N3CCC(C)CC3)cc2)s1. The van der Waals surface area contributed by atoms with Gasteiger partial charge < -0.3 is 10.2 Å². The molecule has 1 aromatic carbocycles. The monoisotopic (exact) mass is 343 g/mol. The Morgan fingerprint density at radius 2 is 1.92 bits per heavy atom. The van der Waals surface area contributed by atoms with Crippen LogP contribution in [0, 0.1) is 19.8 Å². The van der Waals surface area contributed by atoms with E-state index in [9.17, 15) is 4.79 Å². The second kappa shape index (κ2) is 7.34. The molecule has 1 fully saturated rings. The van der Waals surface area contributed by atoms with Gasteiger partial charge in [-0.15, -0.1) is 11.3 Å². The lowest BCUT2D eigenvalue weighted by atomic mass is 9.99. The van der Waals surface area contributed by atoms with Gasteiger partial charge in [0.05, 0.1) is 17.1 Å². The van der Waals surface area contributed by atoms with Crippen molar-refractivity contribution in [3.8, 4) is 0 Å². The van der Waals surface area contributed by atoms with Crippen LogP contribution in [0.4, 0.5) is 11.4 Å². The predicted molar refractivity (Wildman–Crippen MR) is 101 cm³/mol. The largest absolute Gasteiger partial charge is 0.372 e. The number of hydrogen-bond acceptors (Lipinski definition) is 4. The zero-order valence-electron chi connectivity index (χ0n) is 14.6. The molecule has 1 N–H and O–H groups in total. The minimum Gasteiger partial charge on any atom is -0.372 e. The smallest absolute Gasteiger partial charge is 0.229 e. The summed E-state index contributed by atoms with van der Waals surface area (Å²) in [6.45, 7) is 8.50. The number of carbonyl (C=O) groups is 1. The first-order chi connectivity index (χ1) is 11.5. The molecule has 1 aromatic heterocycles. The summed E-state index contributed by atoms with van der Waals surface area (Å²) in [6.07, 6.45) is 2.90. The third-order valence-corrected chi connectivity index (χ3v) is 5.69. The number of carbonyl (C=O) groups excluding carboxylic acids is 1. The maximum atomic E-state index is 12.2. The summed E-state index contributed by atoms with van der Waals surface area (Å²) in [5, 5.41) is 4.00. The highest BCUT2D eigenvalue weighted by molar-refractivity contribution is 7.11. The fourth-order valence-corrected chi connectivity index (χ4v) is 4.05. The molecule has 1 saturated heterocycles. The van der Waals surface area contributed by atoms with Crippen LogP contribution in [0.15, 0.2) is 24.3 Å². The third kappa shape index (κ3) is 4.15. The number of hydrogen-bond donors (Lipinski definition) is 1. The molecular formula is C19H25N3OS. The van der Waals surface area contributed by atoms with Crippen LogP contribution in [-0.2, 0) is 11.2 Å². The van der Waals surface area contributed by atoms with Crippen LogP contribution in [-0.4, -0.2) is 24.0 Å². The van der Waals surface area contributed by atoms with Gasteiger partial charge in [0, 0.05) is 29.3 Å². The van der Waals surface area contributed by atoms with E-state index in [1.807, 2.05) is 26.0 Å². The second-order valence-corrected chi connectivity index (χ2v) is 7.97. The topological polar surface area (TPSA) is 45.2 Å². The third-order valence-electron chi connectivity index (χ3n) is 4.62. The van der Waals surface area contributed by atoms with Crippen LogP contribution in [0.2, 0.25) is 0 Å². The number of nitrogens with one attached hydrogen (secondary N) is 1. The molecule has 5 heteroatoms. The molecular weight excluding hydrogens is 318 g/mol. The molecule has 0 atom stereocenters. The zero-order valence-corrected chi connectivity index (χ0v) is 15.4. The predicted octanol–water partition coefficient (Wildman–Crippen LogP) is 4.18. The molecule has 0 saturated carbocycles. The van der Waals surface area contributed by atoms with Crippen molar-refractivity contribution < 1.29 is 4.79 Å². The van der Waals surface area contributed by atoms with Gasteiger partial charge in [-0.2, -0.15) is 0 Å². The maximum absolute atomic E-state index is 12.2. The van der Waals surface area contributed by atoms with Gasteiger partial charge in [-0.25, -0.2) is 4.98 Å². The number of thiazole rings is 1. The molecule has 4 nitrogen and oxygen atoms in total. The number of piperidine rings is 1. The molecule has 1 aliphatic heterocycles. The maximum Gasteiger partial charge on any atom is 0.229 e. The second-order valence-electron chi connectivity index (χ2n) is 6.68. The van der Waals surface area contributed by atoms with Crippen molar-refractivity contribution in [1.29, 1.82) is 0 Å².